The van der Waals surface area contributed by atoms with Crippen molar-refractivity contribution in [2.24, 2.45) is 0 Å². The lowest BCUT2D eigenvalue weighted by Crippen LogP contribution is -2.35. The van der Waals surface area contributed by atoms with Gasteiger partial charge in [-0.3, -0.25) is 14.2 Å². The standard InChI is InChI=1S/C25H22F3N5O3/c1-29-22(34)16-4-6-18(7-5-16)32-23-17(12-15-2-8-19(9-3-15)36-25(26,27)28)13-31-33(23)21-14-30-11-10-20(21)24(32)35/h2-9,13,30H,10-12,14H2,1H3,(H,29,34). The van der Waals surface area contributed by atoms with Gasteiger partial charge in [0.2, 0.25) is 0 Å². The third kappa shape index (κ3) is 4.44. The van der Waals surface area contributed by atoms with Crippen LogP contribution >= 0.6 is 0 Å². The van der Waals surface area contributed by atoms with Crippen LogP contribution in [0.15, 0.2) is 59.5 Å². The van der Waals surface area contributed by atoms with E-state index in [0.717, 1.165) is 16.8 Å². The summed E-state index contributed by atoms with van der Waals surface area (Å²) in [5.74, 6) is -0.544. The molecule has 0 spiro atoms. The van der Waals surface area contributed by atoms with Crippen molar-refractivity contribution >= 4 is 11.6 Å². The first-order valence-electron chi connectivity index (χ1n) is 11.3. The molecule has 2 aromatic carbocycles. The van der Waals surface area contributed by atoms with Gasteiger partial charge >= 0.3 is 6.36 Å². The first kappa shape index (κ1) is 23.6. The van der Waals surface area contributed by atoms with Crippen LogP contribution in [-0.4, -0.2) is 40.0 Å². The maximum atomic E-state index is 13.7. The monoisotopic (exact) mass is 497 g/mol. The van der Waals surface area contributed by atoms with Crippen molar-refractivity contribution in [3.05, 3.63) is 93.0 Å². The number of ether oxygens (including phenoxy) is 1. The highest BCUT2D eigenvalue weighted by Crippen LogP contribution is 2.25. The molecule has 8 nitrogen and oxygen atoms in total. The summed E-state index contributed by atoms with van der Waals surface area (Å²) in [6.07, 6.45) is -2.21. The van der Waals surface area contributed by atoms with E-state index in [4.69, 9.17) is 0 Å². The zero-order valence-electron chi connectivity index (χ0n) is 19.2. The van der Waals surface area contributed by atoms with Crippen LogP contribution in [0.25, 0.3) is 11.3 Å². The maximum absolute atomic E-state index is 13.7. The minimum absolute atomic E-state index is 0.164. The van der Waals surface area contributed by atoms with Crippen LogP contribution in [0.5, 0.6) is 5.75 Å². The number of aromatic nitrogens is 3. The summed E-state index contributed by atoms with van der Waals surface area (Å²) in [6, 6.07) is 12.3. The topological polar surface area (TPSA) is 89.7 Å². The van der Waals surface area contributed by atoms with Gasteiger partial charge in [0.05, 0.1) is 17.6 Å². The fraction of sp³-hybridized carbons (Fsp3) is 0.240. The first-order chi connectivity index (χ1) is 17.2. The van der Waals surface area contributed by atoms with Gasteiger partial charge in [0.1, 0.15) is 11.4 Å². The molecular formula is C25H22F3N5O3. The number of carbonyl (C=O) groups excluding carboxylic acids is 1. The zero-order valence-corrected chi connectivity index (χ0v) is 19.2. The third-order valence-electron chi connectivity index (χ3n) is 6.10. The van der Waals surface area contributed by atoms with Gasteiger partial charge in [0, 0.05) is 36.7 Å². The van der Waals surface area contributed by atoms with Crippen LogP contribution < -0.4 is 20.9 Å². The van der Waals surface area contributed by atoms with E-state index in [2.05, 4.69) is 20.5 Å². The molecule has 0 saturated carbocycles. The Morgan fingerprint density at radius 3 is 2.53 bits per heavy atom. The smallest absolute Gasteiger partial charge is 0.406 e. The van der Waals surface area contributed by atoms with Crippen molar-refractivity contribution in [3.8, 4) is 11.4 Å². The summed E-state index contributed by atoms with van der Waals surface area (Å²) >= 11 is 0. The average Bonchev–Trinajstić information content (AvgIpc) is 3.28. The van der Waals surface area contributed by atoms with Crippen molar-refractivity contribution in [3.63, 3.8) is 0 Å². The Hall–Kier alpha value is -4.12. The molecule has 4 aromatic rings. The minimum atomic E-state index is -4.76. The molecule has 1 aliphatic heterocycles. The van der Waals surface area contributed by atoms with E-state index in [-0.39, 0.29) is 17.2 Å². The summed E-state index contributed by atoms with van der Waals surface area (Å²) < 4.78 is 44.8. The number of amides is 1. The Labute approximate surface area is 203 Å². The fourth-order valence-corrected chi connectivity index (χ4v) is 4.45. The number of nitrogens with one attached hydrogen (secondary N) is 2. The van der Waals surface area contributed by atoms with Crippen molar-refractivity contribution in [2.45, 2.75) is 25.7 Å². The molecule has 0 saturated heterocycles. The van der Waals surface area contributed by atoms with E-state index < -0.39 is 6.36 Å². The molecule has 1 aliphatic rings. The highest BCUT2D eigenvalue weighted by atomic mass is 19.4. The second-order valence-corrected chi connectivity index (χ2v) is 8.39. The molecular weight excluding hydrogens is 475 g/mol. The first-order valence-corrected chi connectivity index (χ1v) is 11.3. The molecule has 5 rings (SSSR count). The molecule has 0 atom stereocenters. The number of nitrogens with zero attached hydrogens (tertiary/aromatic N) is 3. The summed E-state index contributed by atoms with van der Waals surface area (Å²) in [7, 11) is 1.54. The summed E-state index contributed by atoms with van der Waals surface area (Å²) in [6.45, 7) is 1.16. The van der Waals surface area contributed by atoms with Crippen LogP contribution in [0.1, 0.15) is 32.7 Å². The van der Waals surface area contributed by atoms with Crippen molar-refractivity contribution in [1.29, 1.82) is 0 Å². The number of benzene rings is 2. The van der Waals surface area contributed by atoms with Crippen LogP contribution in [0.4, 0.5) is 13.2 Å². The molecule has 0 unspecified atom stereocenters. The van der Waals surface area contributed by atoms with Crippen LogP contribution in [0.3, 0.4) is 0 Å². The largest absolute Gasteiger partial charge is 0.573 e. The normalized spacial score (nSPS) is 13.4. The Balaban J connectivity index is 1.61. The van der Waals surface area contributed by atoms with Crippen molar-refractivity contribution < 1.29 is 22.7 Å². The number of rotatable bonds is 5. The van der Waals surface area contributed by atoms with Gasteiger partial charge < -0.3 is 15.4 Å². The second-order valence-electron chi connectivity index (χ2n) is 8.39. The summed E-state index contributed by atoms with van der Waals surface area (Å²) in [5, 5.41) is 10.4. The molecule has 3 heterocycles. The van der Waals surface area contributed by atoms with Crippen LogP contribution in [0.2, 0.25) is 0 Å². The molecule has 2 N–H and O–H groups in total. The van der Waals surface area contributed by atoms with E-state index in [1.54, 1.807) is 58.7 Å². The Morgan fingerprint density at radius 2 is 1.86 bits per heavy atom. The number of carbonyl (C=O) groups is 1. The molecule has 0 aliphatic carbocycles. The summed E-state index contributed by atoms with van der Waals surface area (Å²) in [4.78, 5) is 25.7. The molecule has 1 amide bonds. The SMILES string of the molecule is CNC(=O)c1ccc(-n2c(=O)c3c(n4ncc(Cc5ccc(OC(F)(F)F)cc5)c24)CNCC3)cc1. The second kappa shape index (κ2) is 9.15. The third-order valence-corrected chi connectivity index (χ3v) is 6.10. The molecule has 0 fully saturated rings. The highest BCUT2D eigenvalue weighted by molar-refractivity contribution is 5.94. The molecule has 0 bridgehead atoms. The lowest BCUT2D eigenvalue weighted by Gasteiger charge is -2.21. The number of fused-ring (bicyclic) bond motifs is 3. The van der Waals surface area contributed by atoms with Crippen LogP contribution in [0, 0.1) is 0 Å². The Morgan fingerprint density at radius 1 is 1.14 bits per heavy atom. The zero-order chi connectivity index (χ0) is 25.4. The van der Waals surface area contributed by atoms with Gasteiger partial charge in [0.25, 0.3) is 11.5 Å². The number of hydrogen-bond donors (Lipinski definition) is 2. The Kier molecular flexibility index (Phi) is 6.00. The number of alkyl halides is 3. The van der Waals surface area contributed by atoms with E-state index in [0.29, 0.717) is 48.4 Å². The number of halogens is 3. The van der Waals surface area contributed by atoms with Crippen LogP contribution in [-0.2, 0) is 19.4 Å². The van der Waals surface area contributed by atoms with Gasteiger partial charge in [-0.15, -0.1) is 13.2 Å². The average molecular weight is 497 g/mol. The molecule has 2 aromatic heterocycles. The molecule has 11 heteroatoms. The molecule has 36 heavy (non-hydrogen) atoms. The van der Waals surface area contributed by atoms with Gasteiger partial charge in [-0.1, -0.05) is 12.1 Å². The highest BCUT2D eigenvalue weighted by Gasteiger charge is 2.31. The summed E-state index contributed by atoms with van der Waals surface area (Å²) in [5.41, 5.74) is 4.33. The predicted molar refractivity (Wildman–Crippen MR) is 126 cm³/mol. The maximum Gasteiger partial charge on any atom is 0.573 e. The fourth-order valence-electron chi connectivity index (χ4n) is 4.45. The van der Waals surface area contributed by atoms with Gasteiger partial charge in [-0.05, 0) is 54.9 Å². The van der Waals surface area contributed by atoms with E-state index in [9.17, 15) is 22.8 Å². The number of hydrogen-bond acceptors (Lipinski definition) is 5. The predicted octanol–water partition coefficient (Wildman–Crippen LogP) is 2.98. The van der Waals surface area contributed by atoms with Gasteiger partial charge in [-0.2, -0.15) is 5.10 Å². The van der Waals surface area contributed by atoms with E-state index in [1.165, 1.54) is 12.1 Å². The quantitative estimate of drug-likeness (QED) is 0.443. The van der Waals surface area contributed by atoms with E-state index >= 15 is 0 Å². The Bertz CT molecular complexity index is 1490. The van der Waals surface area contributed by atoms with Gasteiger partial charge in [0.15, 0.2) is 0 Å². The van der Waals surface area contributed by atoms with E-state index in [1.807, 2.05) is 0 Å². The molecule has 186 valence electrons. The van der Waals surface area contributed by atoms with Gasteiger partial charge in [-0.25, -0.2) is 4.52 Å². The van der Waals surface area contributed by atoms with Crippen molar-refractivity contribution in [1.82, 2.24) is 24.8 Å². The lowest BCUT2D eigenvalue weighted by atomic mass is 10.1. The minimum Gasteiger partial charge on any atom is -0.406 e. The van der Waals surface area contributed by atoms with Crippen molar-refractivity contribution in [2.75, 3.05) is 13.6 Å². The lowest BCUT2D eigenvalue weighted by molar-refractivity contribution is -0.274. The molecule has 0 radical (unpaired) electrons.